The number of ether oxygens (including phenoxy) is 1. The largest absolute Gasteiger partial charge is 0.454 e. The van der Waals surface area contributed by atoms with Crippen molar-refractivity contribution < 1.29 is 19.1 Å². The summed E-state index contributed by atoms with van der Waals surface area (Å²) in [7, 11) is 0. The van der Waals surface area contributed by atoms with Gasteiger partial charge in [0.25, 0.3) is 11.8 Å². The molecular formula is C20H28N2O4. The molecule has 0 aromatic heterocycles. The van der Waals surface area contributed by atoms with E-state index in [2.05, 4.69) is 24.5 Å². The fourth-order valence-electron chi connectivity index (χ4n) is 3.19. The third-order valence-corrected chi connectivity index (χ3v) is 5.12. The number of rotatable bonds is 6. The lowest BCUT2D eigenvalue weighted by Crippen LogP contribution is -2.45. The van der Waals surface area contributed by atoms with Crippen LogP contribution in [0.25, 0.3) is 0 Å². The maximum Gasteiger partial charge on any atom is 0.325 e. The van der Waals surface area contributed by atoms with Crippen LogP contribution in [-0.4, -0.2) is 37.0 Å². The van der Waals surface area contributed by atoms with Gasteiger partial charge in [-0.1, -0.05) is 44.4 Å². The molecule has 0 heterocycles. The van der Waals surface area contributed by atoms with Crippen molar-refractivity contribution in [3.8, 4) is 0 Å². The molecule has 3 atom stereocenters. The van der Waals surface area contributed by atoms with Crippen LogP contribution in [0.4, 0.5) is 0 Å². The molecule has 2 rings (SSSR count). The summed E-state index contributed by atoms with van der Waals surface area (Å²) in [5, 5.41) is 5.44. The lowest BCUT2D eigenvalue weighted by atomic mass is 9.78. The highest BCUT2D eigenvalue weighted by atomic mass is 16.5. The maximum atomic E-state index is 12.0. The zero-order valence-corrected chi connectivity index (χ0v) is 15.7. The summed E-state index contributed by atoms with van der Waals surface area (Å²) >= 11 is 0. The van der Waals surface area contributed by atoms with Crippen LogP contribution in [0.3, 0.4) is 0 Å². The van der Waals surface area contributed by atoms with Crippen LogP contribution in [0.5, 0.6) is 0 Å². The van der Waals surface area contributed by atoms with Crippen LogP contribution in [0.2, 0.25) is 0 Å². The first-order chi connectivity index (χ1) is 12.4. The molecule has 0 bridgehead atoms. The van der Waals surface area contributed by atoms with Crippen molar-refractivity contribution in [1.29, 1.82) is 0 Å². The molecule has 142 valence electrons. The summed E-state index contributed by atoms with van der Waals surface area (Å²) in [5.74, 6) is -0.290. The molecule has 2 amide bonds. The number of aryl methyl sites for hydroxylation is 1. The molecule has 26 heavy (non-hydrogen) atoms. The Kier molecular flexibility index (Phi) is 7.18. The number of esters is 1. The fraction of sp³-hybridized carbons (Fsp3) is 0.550. The summed E-state index contributed by atoms with van der Waals surface area (Å²) in [5.41, 5.74) is 1.52. The minimum absolute atomic E-state index is 0.131. The standard InChI is InChI=1S/C20H28N2O4/c1-13-7-9-16(10-8-13)20(25)21-11-19(24)26-12-18(23)22-17-6-4-5-14(2)15(17)3/h7-10,14-15,17H,4-6,11-12H2,1-3H3,(H,21,25)(H,22,23). The van der Waals surface area contributed by atoms with Crippen LogP contribution in [0.1, 0.15) is 49.0 Å². The van der Waals surface area contributed by atoms with E-state index in [9.17, 15) is 14.4 Å². The first kappa shape index (κ1) is 19.9. The molecule has 6 nitrogen and oxygen atoms in total. The topological polar surface area (TPSA) is 84.5 Å². The number of hydrogen-bond acceptors (Lipinski definition) is 4. The molecule has 1 saturated carbocycles. The normalized spacial score (nSPS) is 22.3. The van der Waals surface area contributed by atoms with Gasteiger partial charge in [-0.25, -0.2) is 0 Å². The highest BCUT2D eigenvalue weighted by Gasteiger charge is 2.28. The quantitative estimate of drug-likeness (QED) is 0.762. The third-order valence-electron chi connectivity index (χ3n) is 5.12. The Morgan fingerprint density at radius 3 is 2.50 bits per heavy atom. The second-order valence-corrected chi connectivity index (χ2v) is 7.15. The van der Waals surface area contributed by atoms with Gasteiger partial charge in [-0.3, -0.25) is 14.4 Å². The molecule has 0 saturated heterocycles. The Morgan fingerprint density at radius 2 is 1.81 bits per heavy atom. The van der Waals surface area contributed by atoms with Crippen molar-refractivity contribution in [3.05, 3.63) is 35.4 Å². The van der Waals surface area contributed by atoms with Crippen molar-refractivity contribution in [1.82, 2.24) is 10.6 Å². The monoisotopic (exact) mass is 360 g/mol. The Balaban J connectivity index is 1.68. The third kappa shape index (κ3) is 5.86. The van der Waals surface area contributed by atoms with Gasteiger partial charge in [0.1, 0.15) is 6.54 Å². The Hall–Kier alpha value is -2.37. The molecule has 2 N–H and O–H groups in total. The lowest BCUT2D eigenvalue weighted by molar-refractivity contribution is -0.147. The molecule has 0 spiro atoms. The van der Waals surface area contributed by atoms with Crippen molar-refractivity contribution in [2.24, 2.45) is 11.8 Å². The minimum Gasteiger partial charge on any atom is -0.454 e. The minimum atomic E-state index is -0.634. The number of carbonyl (C=O) groups excluding carboxylic acids is 3. The number of carbonyl (C=O) groups is 3. The van der Waals surface area contributed by atoms with Crippen molar-refractivity contribution in [2.75, 3.05) is 13.2 Å². The molecule has 0 aliphatic heterocycles. The van der Waals surface area contributed by atoms with Crippen molar-refractivity contribution in [3.63, 3.8) is 0 Å². The van der Waals surface area contributed by atoms with Crippen molar-refractivity contribution >= 4 is 17.8 Å². The lowest BCUT2D eigenvalue weighted by Gasteiger charge is -2.34. The highest BCUT2D eigenvalue weighted by Crippen LogP contribution is 2.29. The number of benzene rings is 1. The van der Waals surface area contributed by atoms with Gasteiger partial charge in [-0.15, -0.1) is 0 Å². The molecule has 1 aromatic rings. The summed E-state index contributed by atoms with van der Waals surface area (Å²) in [6, 6.07) is 7.16. The van der Waals surface area contributed by atoms with Gasteiger partial charge < -0.3 is 15.4 Å². The molecule has 1 fully saturated rings. The maximum absolute atomic E-state index is 12.0. The molecule has 6 heteroatoms. The van der Waals surface area contributed by atoms with Gasteiger partial charge in [0, 0.05) is 11.6 Å². The first-order valence-corrected chi connectivity index (χ1v) is 9.16. The van der Waals surface area contributed by atoms with Gasteiger partial charge in [-0.05, 0) is 37.3 Å². The molecule has 3 unspecified atom stereocenters. The Morgan fingerprint density at radius 1 is 1.12 bits per heavy atom. The fourth-order valence-corrected chi connectivity index (χ4v) is 3.19. The van der Waals surface area contributed by atoms with Crippen LogP contribution in [-0.2, 0) is 14.3 Å². The molecular weight excluding hydrogens is 332 g/mol. The van der Waals surface area contributed by atoms with E-state index in [1.807, 2.05) is 19.1 Å². The molecule has 0 radical (unpaired) electrons. The van der Waals surface area contributed by atoms with Crippen LogP contribution < -0.4 is 10.6 Å². The van der Waals surface area contributed by atoms with E-state index in [4.69, 9.17) is 4.74 Å². The van der Waals surface area contributed by atoms with E-state index in [-0.39, 0.29) is 31.0 Å². The SMILES string of the molecule is Cc1ccc(C(=O)NCC(=O)OCC(=O)NC2CCCC(C)C2C)cc1. The smallest absolute Gasteiger partial charge is 0.325 e. The van der Waals surface area contributed by atoms with E-state index < -0.39 is 5.97 Å². The van der Waals surface area contributed by atoms with Crippen molar-refractivity contribution in [2.45, 2.75) is 46.1 Å². The van der Waals surface area contributed by atoms with Crippen LogP contribution in [0, 0.1) is 18.8 Å². The van der Waals surface area contributed by atoms with E-state index in [1.165, 1.54) is 6.42 Å². The van der Waals surface area contributed by atoms with Gasteiger partial charge in [0.05, 0.1) is 0 Å². The zero-order chi connectivity index (χ0) is 19.1. The predicted molar refractivity (Wildman–Crippen MR) is 98.6 cm³/mol. The molecule has 1 aromatic carbocycles. The zero-order valence-electron chi connectivity index (χ0n) is 15.7. The predicted octanol–water partition coefficient (Wildman–Crippen LogP) is 2.21. The highest BCUT2D eigenvalue weighted by molar-refractivity contribution is 5.96. The van der Waals surface area contributed by atoms with Crippen LogP contribution in [0.15, 0.2) is 24.3 Å². The van der Waals surface area contributed by atoms with Gasteiger partial charge in [0.2, 0.25) is 0 Å². The summed E-state index contributed by atoms with van der Waals surface area (Å²) in [6.07, 6.45) is 3.24. The number of nitrogens with one attached hydrogen (secondary N) is 2. The molecule has 1 aliphatic carbocycles. The van der Waals surface area contributed by atoms with E-state index in [0.717, 1.165) is 18.4 Å². The van der Waals surface area contributed by atoms with Gasteiger partial charge >= 0.3 is 5.97 Å². The Bertz CT molecular complexity index is 642. The summed E-state index contributed by atoms with van der Waals surface area (Å²) in [6.45, 7) is 5.67. The Labute approximate surface area is 154 Å². The van der Waals surface area contributed by atoms with E-state index >= 15 is 0 Å². The van der Waals surface area contributed by atoms with Gasteiger partial charge in [0.15, 0.2) is 6.61 Å². The average Bonchev–Trinajstić information content (AvgIpc) is 2.62. The first-order valence-electron chi connectivity index (χ1n) is 9.16. The number of hydrogen-bond donors (Lipinski definition) is 2. The average molecular weight is 360 g/mol. The van der Waals surface area contributed by atoms with E-state index in [1.54, 1.807) is 12.1 Å². The van der Waals surface area contributed by atoms with E-state index in [0.29, 0.717) is 17.4 Å². The van der Waals surface area contributed by atoms with Gasteiger partial charge in [-0.2, -0.15) is 0 Å². The second-order valence-electron chi connectivity index (χ2n) is 7.15. The summed E-state index contributed by atoms with van der Waals surface area (Å²) in [4.78, 5) is 35.6. The summed E-state index contributed by atoms with van der Waals surface area (Å²) < 4.78 is 4.95. The second kappa shape index (κ2) is 9.36. The number of amides is 2. The van der Waals surface area contributed by atoms with Crippen LogP contribution >= 0.6 is 0 Å². The molecule has 1 aliphatic rings.